The predicted molar refractivity (Wildman–Crippen MR) is 73.0 cm³/mol. The number of fused-ring (bicyclic) bond motifs is 1. The molecule has 0 saturated heterocycles. The fourth-order valence-electron chi connectivity index (χ4n) is 2.28. The molecule has 3 nitrogen and oxygen atoms in total. The van der Waals surface area contributed by atoms with Crippen LogP contribution in [0.3, 0.4) is 0 Å². The Morgan fingerprint density at radius 1 is 1.00 bits per heavy atom. The average molecular weight is 252 g/mol. The molecule has 3 aromatic rings. The van der Waals surface area contributed by atoms with Gasteiger partial charge in [0.05, 0.1) is 0 Å². The second-order valence-electron chi connectivity index (χ2n) is 4.33. The van der Waals surface area contributed by atoms with Crippen LogP contribution in [-0.4, -0.2) is 11.1 Å². The Kier molecular flexibility index (Phi) is 2.80. The number of para-hydroxylation sites is 1. The number of carboxylic acid groups (broad SMARTS) is 1. The van der Waals surface area contributed by atoms with E-state index in [1.54, 1.807) is 0 Å². The molecule has 94 valence electrons. The summed E-state index contributed by atoms with van der Waals surface area (Å²) in [5.74, 6) is -0.392. The van der Waals surface area contributed by atoms with Crippen LogP contribution in [0.5, 0.6) is 0 Å². The number of benzene rings is 2. The molecule has 0 aliphatic carbocycles. The molecule has 0 aliphatic heterocycles. The number of furan rings is 1. The lowest BCUT2D eigenvalue weighted by Crippen LogP contribution is -1.99. The molecular weight excluding hydrogens is 240 g/mol. The predicted octanol–water partition coefficient (Wildman–Crippen LogP) is 3.73. The fraction of sp³-hybridized carbons (Fsp3) is 0.0625. The number of aliphatic carboxylic acids is 1. The van der Waals surface area contributed by atoms with Gasteiger partial charge in [0.1, 0.15) is 17.8 Å². The standard InChI is InChI=1S/C16H12O3/c17-15(18)10-14-16(11-6-2-1-3-7-11)12-8-4-5-9-13(12)19-14/h1-9H,10H2,(H,17,18). The Balaban J connectivity index is 2.27. The first kappa shape index (κ1) is 11.5. The van der Waals surface area contributed by atoms with Crippen LogP contribution in [0.25, 0.3) is 22.1 Å². The minimum Gasteiger partial charge on any atom is -0.481 e. The summed E-state index contributed by atoms with van der Waals surface area (Å²) in [6.07, 6.45) is -0.112. The van der Waals surface area contributed by atoms with Gasteiger partial charge in [0.2, 0.25) is 0 Å². The minimum atomic E-state index is -0.892. The maximum absolute atomic E-state index is 11.0. The maximum atomic E-state index is 11.0. The Labute approximate surface area is 110 Å². The van der Waals surface area contributed by atoms with Gasteiger partial charge in [-0.3, -0.25) is 4.79 Å². The molecule has 0 atom stereocenters. The van der Waals surface area contributed by atoms with Gasteiger partial charge >= 0.3 is 5.97 Å². The minimum absolute atomic E-state index is 0.112. The van der Waals surface area contributed by atoms with Gasteiger partial charge in [0, 0.05) is 10.9 Å². The molecule has 0 fully saturated rings. The quantitative estimate of drug-likeness (QED) is 0.772. The van der Waals surface area contributed by atoms with Gasteiger partial charge in [-0.1, -0.05) is 48.5 Å². The van der Waals surface area contributed by atoms with Crippen LogP contribution in [0, 0.1) is 0 Å². The van der Waals surface area contributed by atoms with E-state index >= 15 is 0 Å². The third-order valence-corrected chi connectivity index (χ3v) is 3.04. The molecular formula is C16H12O3. The zero-order valence-electron chi connectivity index (χ0n) is 10.2. The molecule has 3 heteroatoms. The van der Waals surface area contributed by atoms with Crippen molar-refractivity contribution >= 4 is 16.9 Å². The molecule has 19 heavy (non-hydrogen) atoms. The number of carboxylic acids is 1. The molecule has 0 saturated carbocycles. The smallest absolute Gasteiger partial charge is 0.311 e. The van der Waals surface area contributed by atoms with Crippen LogP contribution in [0.4, 0.5) is 0 Å². The van der Waals surface area contributed by atoms with E-state index in [-0.39, 0.29) is 6.42 Å². The normalized spacial score (nSPS) is 10.7. The highest BCUT2D eigenvalue weighted by molar-refractivity contribution is 5.96. The molecule has 0 spiro atoms. The van der Waals surface area contributed by atoms with Crippen LogP contribution in [-0.2, 0) is 11.2 Å². The molecule has 0 radical (unpaired) electrons. The van der Waals surface area contributed by atoms with Crippen molar-refractivity contribution in [2.45, 2.75) is 6.42 Å². The first-order chi connectivity index (χ1) is 9.25. The van der Waals surface area contributed by atoms with Gasteiger partial charge in [-0.25, -0.2) is 0 Å². The summed E-state index contributed by atoms with van der Waals surface area (Å²) in [4.78, 5) is 11.0. The summed E-state index contributed by atoms with van der Waals surface area (Å²) < 4.78 is 5.68. The van der Waals surface area contributed by atoms with Crippen LogP contribution >= 0.6 is 0 Å². The lowest BCUT2D eigenvalue weighted by atomic mass is 10.0. The number of hydrogen-bond acceptors (Lipinski definition) is 2. The van der Waals surface area contributed by atoms with Gasteiger partial charge in [0.15, 0.2) is 0 Å². The first-order valence-corrected chi connectivity index (χ1v) is 6.03. The SMILES string of the molecule is O=C(O)Cc1oc2ccccc2c1-c1ccccc1. The Bertz CT molecular complexity index is 726. The number of rotatable bonds is 3. The van der Waals surface area contributed by atoms with Crippen molar-refractivity contribution in [2.75, 3.05) is 0 Å². The Morgan fingerprint density at radius 3 is 2.42 bits per heavy atom. The highest BCUT2D eigenvalue weighted by atomic mass is 16.4. The van der Waals surface area contributed by atoms with Crippen LogP contribution < -0.4 is 0 Å². The first-order valence-electron chi connectivity index (χ1n) is 6.03. The van der Waals surface area contributed by atoms with E-state index in [1.807, 2.05) is 54.6 Å². The van der Waals surface area contributed by atoms with Crippen molar-refractivity contribution in [2.24, 2.45) is 0 Å². The lowest BCUT2D eigenvalue weighted by molar-refractivity contribution is -0.136. The zero-order valence-corrected chi connectivity index (χ0v) is 10.2. The van der Waals surface area contributed by atoms with E-state index < -0.39 is 5.97 Å². The van der Waals surface area contributed by atoms with Gasteiger partial charge in [-0.15, -0.1) is 0 Å². The molecule has 0 amide bonds. The van der Waals surface area contributed by atoms with E-state index in [0.29, 0.717) is 5.76 Å². The second-order valence-corrected chi connectivity index (χ2v) is 4.33. The molecule has 0 unspecified atom stereocenters. The van der Waals surface area contributed by atoms with Crippen molar-refractivity contribution < 1.29 is 14.3 Å². The van der Waals surface area contributed by atoms with E-state index in [1.165, 1.54) is 0 Å². The van der Waals surface area contributed by atoms with Crippen molar-refractivity contribution in [3.05, 3.63) is 60.4 Å². The van der Waals surface area contributed by atoms with E-state index in [4.69, 9.17) is 9.52 Å². The third-order valence-electron chi connectivity index (χ3n) is 3.04. The average Bonchev–Trinajstić information content (AvgIpc) is 2.76. The summed E-state index contributed by atoms with van der Waals surface area (Å²) in [7, 11) is 0. The van der Waals surface area contributed by atoms with Crippen LogP contribution in [0.15, 0.2) is 59.0 Å². The summed E-state index contributed by atoms with van der Waals surface area (Å²) in [5.41, 5.74) is 2.57. The molecule has 1 aromatic heterocycles. The van der Waals surface area contributed by atoms with E-state index in [9.17, 15) is 4.79 Å². The van der Waals surface area contributed by atoms with Gasteiger partial charge < -0.3 is 9.52 Å². The summed E-state index contributed by atoms with van der Waals surface area (Å²) in [5, 5.41) is 9.95. The van der Waals surface area contributed by atoms with Crippen molar-refractivity contribution in [1.82, 2.24) is 0 Å². The molecule has 1 heterocycles. The number of hydrogen-bond donors (Lipinski definition) is 1. The molecule has 2 aromatic carbocycles. The van der Waals surface area contributed by atoms with Crippen LogP contribution in [0.2, 0.25) is 0 Å². The summed E-state index contributed by atoms with van der Waals surface area (Å²) in [6.45, 7) is 0. The van der Waals surface area contributed by atoms with Gasteiger partial charge in [-0.2, -0.15) is 0 Å². The largest absolute Gasteiger partial charge is 0.481 e. The zero-order chi connectivity index (χ0) is 13.2. The van der Waals surface area contributed by atoms with Crippen molar-refractivity contribution in [1.29, 1.82) is 0 Å². The van der Waals surface area contributed by atoms with Crippen molar-refractivity contribution in [3.8, 4) is 11.1 Å². The number of carbonyl (C=O) groups is 1. The highest BCUT2D eigenvalue weighted by Gasteiger charge is 2.17. The second kappa shape index (κ2) is 4.61. The Hall–Kier alpha value is -2.55. The molecule has 0 bridgehead atoms. The van der Waals surface area contributed by atoms with E-state index in [2.05, 4.69) is 0 Å². The monoisotopic (exact) mass is 252 g/mol. The van der Waals surface area contributed by atoms with E-state index in [0.717, 1.165) is 22.1 Å². The summed E-state index contributed by atoms with van der Waals surface area (Å²) >= 11 is 0. The fourth-order valence-corrected chi connectivity index (χ4v) is 2.28. The topological polar surface area (TPSA) is 50.4 Å². The molecule has 1 N–H and O–H groups in total. The third kappa shape index (κ3) is 2.10. The van der Waals surface area contributed by atoms with Crippen LogP contribution in [0.1, 0.15) is 5.76 Å². The van der Waals surface area contributed by atoms with Gasteiger partial charge in [-0.05, 0) is 11.6 Å². The maximum Gasteiger partial charge on any atom is 0.311 e. The van der Waals surface area contributed by atoms with Crippen molar-refractivity contribution in [3.63, 3.8) is 0 Å². The Morgan fingerprint density at radius 2 is 1.68 bits per heavy atom. The highest BCUT2D eigenvalue weighted by Crippen LogP contribution is 2.34. The molecule has 0 aliphatic rings. The molecule has 3 rings (SSSR count). The van der Waals surface area contributed by atoms with Gasteiger partial charge in [0.25, 0.3) is 0 Å². The summed E-state index contributed by atoms with van der Waals surface area (Å²) in [6, 6.07) is 17.3. The lowest BCUT2D eigenvalue weighted by Gasteiger charge is -2.01.